The molecule has 0 heterocycles. The van der Waals surface area contributed by atoms with Gasteiger partial charge in [0.05, 0.1) is 32.2 Å². The normalized spacial score (nSPS) is 10.9. The van der Waals surface area contributed by atoms with E-state index in [0.29, 0.717) is 5.75 Å². The fraction of sp³-hybridized carbons (Fsp3) is 0.200. The summed E-state index contributed by atoms with van der Waals surface area (Å²) in [5.74, 6) is 0.124. The molecule has 0 radical (unpaired) electrons. The van der Waals surface area contributed by atoms with Crippen molar-refractivity contribution in [2.24, 2.45) is 0 Å². The first kappa shape index (κ1) is 29.1. The van der Waals surface area contributed by atoms with Crippen LogP contribution in [0.15, 0.2) is 105 Å². The largest absolute Gasteiger partial charge is 0.744 e. The third-order valence-corrected chi connectivity index (χ3v) is 9.13. The van der Waals surface area contributed by atoms with E-state index >= 15 is 0 Å². The highest BCUT2D eigenvalue weighted by atomic mass is 32.2. The molecule has 0 saturated carbocycles. The van der Waals surface area contributed by atoms with Gasteiger partial charge in [0.15, 0.2) is 14.7 Å². The van der Waals surface area contributed by atoms with E-state index in [1.807, 2.05) is 0 Å². The summed E-state index contributed by atoms with van der Waals surface area (Å²) in [6.45, 7) is 6.65. The molecule has 0 spiro atoms. The number of methoxy groups -OCH3 is 3. The molecule has 4 rings (SSSR count). The van der Waals surface area contributed by atoms with E-state index < -0.39 is 15.0 Å². The van der Waals surface area contributed by atoms with E-state index in [4.69, 9.17) is 14.2 Å². The lowest BCUT2D eigenvalue weighted by Crippen LogP contribution is -2.08. The number of ether oxygens (including phenoxy) is 3. The molecule has 0 unspecified atom stereocenters. The highest BCUT2D eigenvalue weighted by Gasteiger charge is 2.31. The maximum absolute atomic E-state index is 11.0. The molecule has 200 valence electrons. The van der Waals surface area contributed by atoms with E-state index in [2.05, 4.69) is 93.6 Å². The van der Waals surface area contributed by atoms with Gasteiger partial charge in [-0.15, -0.1) is 0 Å². The molecule has 0 N–H and O–H groups in total. The lowest BCUT2D eigenvalue weighted by Gasteiger charge is -2.16. The van der Waals surface area contributed by atoms with Crippen molar-refractivity contribution >= 4 is 21.0 Å². The molecular formula is C30H32O6S2. The Hall–Kier alpha value is -3.46. The van der Waals surface area contributed by atoms with Gasteiger partial charge in [0.2, 0.25) is 0 Å². The molecule has 4 aromatic carbocycles. The van der Waals surface area contributed by atoms with Gasteiger partial charge >= 0.3 is 0 Å². The summed E-state index contributed by atoms with van der Waals surface area (Å²) in [4.78, 5) is 3.69. The molecule has 6 nitrogen and oxygen atoms in total. The Morgan fingerprint density at radius 1 is 0.658 bits per heavy atom. The van der Waals surface area contributed by atoms with Crippen molar-refractivity contribution in [2.75, 3.05) is 21.3 Å². The third-order valence-electron chi connectivity index (χ3n) is 5.69. The molecule has 8 heteroatoms. The summed E-state index contributed by atoms with van der Waals surface area (Å²) in [5, 5.41) is 0. The topological polar surface area (TPSA) is 84.9 Å². The molecule has 0 aromatic heterocycles. The van der Waals surface area contributed by atoms with Gasteiger partial charge in [-0.1, -0.05) is 54.1 Å². The molecule has 0 aliphatic rings. The van der Waals surface area contributed by atoms with Gasteiger partial charge in [0.1, 0.15) is 32.3 Å². The van der Waals surface area contributed by atoms with E-state index in [-0.39, 0.29) is 22.4 Å². The predicted molar refractivity (Wildman–Crippen MR) is 150 cm³/mol. The fourth-order valence-corrected chi connectivity index (χ4v) is 7.34. The quantitative estimate of drug-likeness (QED) is 0.197. The van der Waals surface area contributed by atoms with E-state index in [1.54, 1.807) is 0 Å². The first-order valence-corrected chi connectivity index (χ1v) is 14.4. The number of benzene rings is 4. The average Bonchev–Trinajstić information content (AvgIpc) is 2.90. The van der Waals surface area contributed by atoms with Crippen LogP contribution in [0.25, 0.3) is 0 Å². The smallest absolute Gasteiger partial charge is 0.172 e. The zero-order chi connectivity index (χ0) is 27.9. The minimum atomic E-state index is -4.67. The van der Waals surface area contributed by atoms with Crippen molar-refractivity contribution in [3.05, 3.63) is 102 Å². The second-order valence-electron chi connectivity index (χ2n) is 8.48. The van der Waals surface area contributed by atoms with Crippen LogP contribution in [-0.4, -0.2) is 34.3 Å². The van der Waals surface area contributed by atoms with E-state index in [0.717, 1.165) is 0 Å². The first-order valence-electron chi connectivity index (χ1n) is 11.8. The van der Waals surface area contributed by atoms with Gasteiger partial charge in [-0.05, 0) is 45.0 Å². The molecule has 38 heavy (non-hydrogen) atoms. The summed E-state index contributed by atoms with van der Waals surface area (Å²) in [7, 11) is -0.807. The Morgan fingerprint density at radius 3 is 1.42 bits per heavy atom. The standard InChI is InChI=1S/C21H21S.C9H12O6S/c1-16-14-17(2)21(18(3)15-16)22(19-10-6-4-7-11-19)20-12-8-5-9-13-20;1-13-6-4-7(14-2)9(16(10,11)12)8(5-6)15-3/h4-15H,1-3H3;4-5H,1-3H3,(H,10,11,12)/q+1;/p-1. The summed E-state index contributed by atoms with van der Waals surface area (Å²) < 4.78 is 47.7. The first-order chi connectivity index (χ1) is 18.1. The minimum absolute atomic E-state index is 0.0460. The van der Waals surface area contributed by atoms with Crippen molar-refractivity contribution in [2.45, 2.75) is 40.4 Å². The highest BCUT2D eigenvalue weighted by molar-refractivity contribution is 7.97. The Kier molecular flexibility index (Phi) is 9.85. The van der Waals surface area contributed by atoms with Gasteiger partial charge in [0.25, 0.3) is 0 Å². The fourth-order valence-electron chi connectivity index (χ4n) is 4.19. The van der Waals surface area contributed by atoms with Crippen LogP contribution >= 0.6 is 0 Å². The summed E-state index contributed by atoms with van der Waals surface area (Å²) in [5.41, 5.74) is 4.10. The minimum Gasteiger partial charge on any atom is -0.744 e. The molecular weight excluding hydrogens is 520 g/mol. The second kappa shape index (κ2) is 12.9. The van der Waals surface area contributed by atoms with Crippen molar-refractivity contribution in [3.63, 3.8) is 0 Å². The van der Waals surface area contributed by atoms with Gasteiger partial charge in [0, 0.05) is 23.3 Å². The summed E-state index contributed by atoms with van der Waals surface area (Å²) in [6, 6.07) is 28.9. The molecule has 0 amide bonds. The highest BCUT2D eigenvalue weighted by Crippen LogP contribution is 2.37. The van der Waals surface area contributed by atoms with Crippen molar-refractivity contribution in [1.29, 1.82) is 0 Å². The Bertz CT molecular complexity index is 1380. The average molecular weight is 553 g/mol. The van der Waals surface area contributed by atoms with Gasteiger partial charge in [-0.2, -0.15) is 0 Å². The Labute approximate surface area is 228 Å². The maximum Gasteiger partial charge on any atom is 0.172 e. The van der Waals surface area contributed by atoms with Crippen molar-refractivity contribution < 1.29 is 27.2 Å². The van der Waals surface area contributed by atoms with Crippen molar-refractivity contribution in [3.8, 4) is 17.2 Å². The molecule has 0 aliphatic carbocycles. The van der Waals surface area contributed by atoms with Gasteiger partial charge in [-0.3, -0.25) is 0 Å². The van der Waals surface area contributed by atoms with Gasteiger partial charge < -0.3 is 18.8 Å². The summed E-state index contributed by atoms with van der Waals surface area (Å²) >= 11 is 0. The molecule has 4 aromatic rings. The van der Waals surface area contributed by atoms with E-state index in [1.165, 1.54) is 64.8 Å². The second-order valence-corrected chi connectivity index (χ2v) is 11.8. The summed E-state index contributed by atoms with van der Waals surface area (Å²) in [6.07, 6.45) is 0. The molecule has 0 atom stereocenters. The van der Waals surface area contributed by atoms with E-state index in [9.17, 15) is 13.0 Å². The molecule has 0 fully saturated rings. The molecule has 0 bridgehead atoms. The molecule has 0 aliphatic heterocycles. The number of hydrogen-bond donors (Lipinski definition) is 0. The van der Waals surface area contributed by atoms with Crippen LogP contribution in [0.3, 0.4) is 0 Å². The lowest BCUT2D eigenvalue weighted by molar-refractivity contribution is 0.353. The number of aryl methyl sites for hydroxylation is 3. The van der Waals surface area contributed by atoms with Crippen LogP contribution in [0.2, 0.25) is 0 Å². The Morgan fingerprint density at radius 2 is 1.08 bits per heavy atom. The van der Waals surface area contributed by atoms with Crippen LogP contribution in [0.4, 0.5) is 0 Å². The predicted octanol–water partition coefficient (Wildman–Crippen LogP) is 6.32. The van der Waals surface area contributed by atoms with Crippen LogP contribution in [-0.2, 0) is 21.0 Å². The third kappa shape index (κ3) is 6.89. The zero-order valence-corrected chi connectivity index (χ0v) is 24.0. The van der Waals surface area contributed by atoms with Crippen LogP contribution in [0, 0.1) is 20.8 Å². The van der Waals surface area contributed by atoms with Gasteiger partial charge in [-0.25, -0.2) is 8.42 Å². The maximum atomic E-state index is 11.0. The zero-order valence-electron chi connectivity index (χ0n) is 22.3. The number of rotatable bonds is 7. The van der Waals surface area contributed by atoms with Crippen LogP contribution in [0.5, 0.6) is 17.2 Å². The van der Waals surface area contributed by atoms with Crippen molar-refractivity contribution in [1.82, 2.24) is 0 Å². The monoisotopic (exact) mass is 552 g/mol. The SMILES string of the molecule is COc1cc(OC)c(S(=O)(=O)[O-])c(OC)c1.Cc1cc(C)c([S+](c2ccccc2)c2ccccc2)c(C)c1. The lowest BCUT2D eigenvalue weighted by atomic mass is 10.1. The Balaban J connectivity index is 0.000000223. The molecule has 0 saturated heterocycles. The number of hydrogen-bond acceptors (Lipinski definition) is 6. The van der Waals surface area contributed by atoms with Crippen LogP contribution < -0.4 is 14.2 Å². The van der Waals surface area contributed by atoms with Crippen LogP contribution in [0.1, 0.15) is 16.7 Å².